The van der Waals surface area contributed by atoms with Gasteiger partial charge in [-0.25, -0.2) is 9.97 Å². The quantitative estimate of drug-likeness (QED) is 0.411. The van der Waals surface area contributed by atoms with Gasteiger partial charge in [-0.3, -0.25) is 9.59 Å². The van der Waals surface area contributed by atoms with Gasteiger partial charge in [0.15, 0.2) is 0 Å². The Kier molecular flexibility index (Phi) is 7.47. The third kappa shape index (κ3) is 5.36. The minimum absolute atomic E-state index is 0.0991. The molecule has 0 radical (unpaired) electrons. The van der Waals surface area contributed by atoms with Crippen LogP contribution in [0.1, 0.15) is 39.7 Å². The van der Waals surface area contributed by atoms with Crippen molar-refractivity contribution in [3.63, 3.8) is 0 Å². The predicted molar refractivity (Wildman–Crippen MR) is 137 cm³/mol. The number of rotatable bonds is 8. The Balaban J connectivity index is 1.28. The third-order valence-corrected chi connectivity index (χ3v) is 7.56. The Hall–Kier alpha value is -3.05. The lowest BCUT2D eigenvalue weighted by atomic mass is 10.0. The average molecular weight is 528 g/mol. The summed E-state index contributed by atoms with van der Waals surface area (Å²) in [5.41, 5.74) is 2.59. The molecule has 0 bridgehead atoms. The average Bonchev–Trinajstić information content (AvgIpc) is 3.53. The zero-order valence-electron chi connectivity index (χ0n) is 19.4. The van der Waals surface area contributed by atoms with E-state index in [-0.39, 0.29) is 31.0 Å². The summed E-state index contributed by atoms with van der Waals surface area (Å²) in [5.74, 6) is -0.0773. The molecule has 2 aliphatic heterocycles. The van der Waals surface area contributed by atoms with Gasteiger partial charge in [-0.05, 0) is 35.9 Å². The fourth-order valence-electron chi connectivity index (χ4n) is 4.41. The van der Waals surface area contributed by atoms with E-state index in [0.717, 1.165) is 23.3 Å². The highest BCUT2D eigenvalue weighted by atomic mass is 35.5. The highest BCUT2D eigenvalue weighted by molar-refractivity contribution is 7.10. The minimum Gasteiger partial charge on any atom is -0.394 e. The maximum Gasteiger partial charge on any atom is 0.254 e. The van der Waals surface area contributed by atoms with E-state index >= 15 is 0 Å². The zero-order chi connectivity index (χ0) is 25.1. The van der Waals surface area contributed by atoms with E-state index in [4.69, 9.17) is 16.3 Å². The second-order valence-corrected chi connectivity index (χ2v) is 10.2. The second kappa shape index (κ2) is 10.9. The van der Waals surface area contributed by atoms with Crippen LogP contribution in [0.5, 0.6) is 0 Å². The number of fused-ring (bicyclic) bond motifs is 1. The van der Waals surface area contributed by atoms with Crippen LogP contribution in [0.15, 0.2) is 41.9 Å². The molecule has 2 aromatic heterocycles. The largest absolute Gasteiger partial charge is 0.394 e. The number of benzene rings is 1. The topological polar surface area (TPSA) is 117 Å². The van der Waals surface area contributed by atoms with Crippen LogP contribution >= 0.6 is 22.9 Å². The van der Waals surface area contributed by atoms with Crippen molar-refractivity contribution in [2.45, 2.75) is 31.5 Å². The summed E-state index contributed by atoms with van der Waals surface area (Å²) in [6.45, 7) is 1.42. The van der Waals surface area contributed by atoms with Crippen molar-refractivity contribution in [2.24, 2.45) is 0 Å². The number of carbonyl (C=O) groups is 2. The number of aromatic nitrogens is 2. The minimum atomic E-state index is -0.493. The van der Waals surface area contributed by atoms with Gasteiger partial charge in [0.05, 0.1) is 29.6 Å². The highest BCUT2D eigenvalue weighted by Crippen LogP contribution is 2.31. The second-order valence-electron chi connectivity index (χ2n) is 8.77. The number of aliphatic hydroxyl groups excluding tert-OH is 1. The lowest BCUT2D eigenvalue weighted by Gasteiger charge is -2.23. The number of hydrogen-bond acceptors (Lipinski definition) is 8. The molecule has 5 rings (SSSR count). The Morgan fingerprint density at radius 1 is 1.31 bits per heavy atom. The molecule has 9 nitrogen and oxygen atoms in total. The third-order valence-electron chi connectivity index (χ3n) is 6.30. The molecule has 1 atom stereocenters. The van der Waals surface area contributed by atoms with Crippen molar-refractivity contribution in [1.82, 2.24) is 20.2 Å². The van der Waals surface area contributed by atoms with E-state index in [1.54, 1.807) is 12.3 Å². The predicted octanol–water partition coefficient (Wildman–Crippen LogP) is 3.26. The Morgan fingerprint density at radius 2 is 2.14 bits per heavy atom. The molecule has 1 aromatic carbocycles. The molecule has 1 saturated heterocycles. The number of amides is 2. The fraction of sp³-hybridized carbons (Fsp3) is 0.360. The van der Waals surface area contributed by atoms with Crippen LogP contribution in [0, 0.1) is 0 Å². The number of hydrogen-bond donors (Lipinski definition) is 3. The van der Waals surface area contributed by atoms with Crippen LogP contribution in [0.4, 0.5) is 5.95 Å². The number of carbonyl (C=O) groups excluding carboxylic acids is 2. The number of halogens is 1. The molecular formula is C25H26ClN5O4S. The van der Waals surface area contributed by atoms with Gasteiger partial charge in [0.25, 0.3) is 5.91 Å². The lowest BCUT2D eigenvalue weighted by Crippen LogP contribution is -2.39. The van der Waals surface area contributed by atoms with E-state index < -0.39 is 6.04 Å². The molecule has 1 fully saturated rings. The van der Waals surface area contributed by atoms with E-state index in [1.165, 1.54) is 16.2 Å². The fourth-order valence-corrected chi connectivity index (χ4v) is 5.38. The van der Waals surface area contributed by atoms with Gasteiger partial charge in [-0.1, -0.05) is 29.8 Å². The Bertz CT molecular complexity index is 1250. The molecule has 11 heteroatoms. The van der Waals surface area contributed by atoms with Gasteiger partial charge < -0.3 is 25.4 Å². The van der Waals surface area contributed by atoms with Crippen LogP contribution in [-0.4, -0.2) is 64.2 Å². The summed E-state index contributed by atoms with van der Waals surface area (Å²) in [6, 6.07) is 8.97. The normalized spacial score (nSPS) is 16.6. The van der Waals surface area contributed by atoms with Gasteiger partial charge in [0.1, 0.15) is 6.54 Å². The Labute approximate surface area is 217 Å². The molecule has 0 aliphatic carbocycles. The van der Waals surface area contributed by atoms with Crippen LogP contribution < -0.4 is 10.6 Å². The number of aliphatic hydroxyl groups is 1. The van der Waals surface area contributed by atoms with Crippen molar-refractivity contribution in [2.75, 3.05) is 31.7 Å². The van der Waals surface area contributed by atoms with Crippen molar-refractivity contribution in [3.05, 3.63) is 62.9 Å². The molecule has 1 unspecified atom stereocenters. The molecular weight excluding hydrogens is 502 g/mol. The molecule has 0 spiro atoms. The molecule has 36 heavy (non-hydrogen) atoms. The van der Waals surface area contributed by atoms with Crippen LogP contribution in [0.2, 0.25) is 5.02 Å². The van der Waals surface area contributed by atoms with Gasteiger partial charge in [-0.2, -0.15) is 0 Å². The van der Waals surface area contributed by atoms with Crippen molar-refractivity contribution in [1.29, 1.82) is 0 Å². The zero-order valence-corrected chi connectivity index (χ0v) is 21.0. The van der Waals surface area contributed by atoms with E-state index in [0.29, 0.717) is 47.6 Å². The molecule has 0 saturated carbocycles. The van der Waals surface area contributed by atoms with Gasteiger partial charge in [0, 0.05) is 41.8 Å². The monoisotopic (exact) mass is 527 g/mol. The summed E-state index contributed by atoms with van der Waals surface area (Å²) in [6.07, 6.45) is 3.32. The highest BCUT2D eigenvalue weighted by Gasteiger charge is 2.30. The van der Waals surface area contributed by atoms with Crippen LogP contribution in [0.25, 0.3) is 11.3 Å². The number of nitrogens with one attached hydrogen (secondary N) is 2. The molecule has 188 valence electrons. The first-order chi connectivity index (χ1) is 17.5. The van der Waals surface area contributed by atoms with E-state index in [9.17, 15) is 14.7 Å². The molecule has 3 aromatic rings. The molecule has 4 heterocycles. The lowest BCUT2D eigenvalue weighted by molar-refractivity contribution is -0.122. The standard InChI is InChI=1S/C25H26ClN5O4S/c26-19-11-27-25(28-17-5-7-35-8-6-17)30-23(19)15-3-4-16-12-31(24(34)18(16)10-15)13-22(33)29-20(14-32)21-2-1-9-36-21/h1-4,9-11,17,20,32H,5-8,12-14H2,(H,29,33)(H,27,28,30). The first-order valence-electron chi connectivity index (χ1n) is 11.7. The van der Waals surface area contributed by atoms with Gasteiger partial charge >= 0.3 is 0 Å². The van der Waals surface area contributed by atoms with Crippen molar-refractivity contribution in [3.8, 4) is 11.3 Å². The number of ether oxygens (including phenoxy) is 1. The van der Waals surface area contributed by atoms with Crippen LogP contribution in [0.3, 0.4) is 0 Å². The van der Waals surface area contributed by atoms with E-state index in [2.05, 4.69) is 20.6 Å². The molecule has 2 amide bonds. The number of thiophene rings is 1. The van der Waals surface area contributed by atoms with Gasteiger partial charge in [-0.15, -0.1) is 11.3 Å². The van der Waals surface area contributed by atoms with Gasteiger partial charge in [0.2, 0.25) is 11.9 Å². The summed E-state index contributed by atoms with van der Waals surface area (Å²) >= 11 is 7.88. The number of anilines is 1. The summed E-state index contributed by atoms with van der Waals surface area (Å²) in [5, 5.41) is 18.1. The molecule has 3 N–H and O–H groups in total. The van der Waals surface area contributed by atoms with Crippen molar-refractivity contribution < 1.29 is 19.4 Å². The van der Waals surface area contributed by atoms with Crippen molar-refractivity contribution >= 4 is 40.7 Å². The van der Waals surface area contributed by atoms with E-state index in [1.807, 2.05) is 29.6 Å². The smallest absolute Gasteiger partial charge is 0.254 e. The summed E-state index contributed by atoms with van der Waals surface area (Å²) in [7, 11) is 0. The number of nitrogens with zero attached hydrogens (tertiary/aromatic N) is 3. The van der Waals surface area contributed by atoms with Crippen LogP contribution in [-0.2, 0) is 16.1 Å². The Morgan fingerprint density at radius 3 is 2.89 bits per heavy atom. The first kappa shape index (κ1) is 24.6. The first-order valence-corrected chi connectivity index (χ1v) is 13.0. The summed E-state index contributed by atoms with van der Waals surface area (Å²) < 4.78 is 5.40. The summed E-state index contributed by atoms with van der Waals surface area (Å²) in [4.78, 5) is 37.0. The maximum absolute atomic E-state index is 13.1. The maximum atomic E-state index is 13.1. The molecule has 2 aliphatic rings. The SMILES string of the molecule is O=C(CN1Cc2ccc(-c3nc(NC4CCOCC4)ncc3Cl)cc2C1=O)NC(CO)c1cccs1.